The third kappa shape index (κ3) is 3.04. The number of hydrogen-bond acceptors (Lipinski definition) is 3. The fourth-order valence-electron chi connectivity index (χ4n) is 1.80. The van der Waals surface area contributed by atoms with Gasteiger partial charge >= 0.3 is 0 Å². The van der Waals surface area contributed by atoms with E-state index in [1.165, 1.54) is 5.56 Å². The van der Waals surface area contributed by atoms with Crippen LogP contribution < -0.4 is 5.32 Å². The van der Waals surface area contributed by atoms with Crippen molar-refractivity contribution in [1.82, 2.24) is 10.3 Å². The third-order valence-corrected chi connectivity index (χ3v) is 2.77. The Balaban J connectivity index is 2.13. The lowest BCUT2D eigenvalue weighted by Gasteiger charge is -2.15. The molecule has 0 saturated heterocycles. The summed E-state index contributed by atoms with van der Waals surface area (Å²) in [5.41, 5.74) is 2.20. The van der Waals surface area contributed by atoms with Crippen molar-refractivity contribution in [2.75, 3.05) is 7.05 Å². The van der Waals surface area contributed by atoms with Crippen LogP contribution in [-0.4, -0.2) is 17.1 Å². The van der Waals surface area contributed by atoms with E-state index in [-0.39, 0.29) is 6.04 Å². The zero-order valence-electron chi connectivity index (χ0n) is 9.80. The molecule has 17 heavy (non-hydrogen) atoms. The zero-order valence-corrected chi connectivity index (χ0v) is 9.80. The predicted octanol–water partition coefficient (Wildman–Crippen LogP) is 2.29. The van der Waals surface area contributed by atoms with E-state index >= 15 is 0 Å². The molecular formula is C14H16N2O. The highest BCUT2D eigenvalue weighted by Gasteiger charge is 2.10. The fraction of sp³-hybridized carbons (Fsp3) is 0.214. The van der Waals surface area contributed by atoms with Crippen molar-refractivity contribution in [3.63, 3.8) is 0 Å². The molecular weight excluding hydrogens is 212 g/mol. The van der Waals surface area contributed by atoms with Crippen molar-refractivity contribution in [1.29, 1.82) is 0 Å². The number of nitrogens with zero attached hydrogens (tertiary/aromatic N) is 1. The Bertz CT molecular complexity index is 453. The van der Waals surface area contributed by atoms with Gasteiger partial charge in [-0.05, 0) is 43.3 Å². The number of nitrogens with one attached hydrogen (secondary N) is 1. The number of phenolic OH excluding ortho intramolecular Hbond substituents is 1. The Morgan fingerprint density at radius 2 is 1.94 bits per heavy atom. The lowest BCUT2D eigenvalue weighted by atomic mass is 10.0. The normalized spacial score (nSPS) is 12.3. The van der Waals surface area contributed by atoms with Crippen molar-refractivity contribution >= 4 is 0 Å². The van der Waals surface area contributed by atoms with Crippen LogP contribution in [0.25, 0.3) is 0 Å². The van der Waals surface area contributed by atoms with E-state index in [1.807, 2.05) is 37.4 Å². The molecule has 2 N–H and O–H groups in total. The van der Waals surface area contributed by atoms with Crippen LogP contribution in [-0.2, 0) is 6.42 Å². The van der Waals surface area contributed by atoms with Gasteiger partial charge in [-0.1, -0.05) is 18.2 Å². The topological polar surface area (TPSA) is 45.1 Å². The maximum atomic E-state index is 9.24. The number of likely N-dealkylation sites (N-methyl/N-ethyl adjacent to an activating group) is 1. The van der Waals surface area contributed by atoms with Crippen molar-refractivity contribution in [2.45, 2.75) is 12.5 Å². The molecule has 0 spiro atoms. The van der Waals surface area contributed by atoms with E-state index in [9.17, 15) is 5.11 Å². The maximum Gasteiger partial charge on any atom is 0.115 e. The Kier molecular flexibility index (Phi) is 3.73. The monoisotopic (exact) mass is 228 g/mol. The molecule has 1 unspecified atom stereocenters. The second-order valence-corrected chi connectivity index (χ2v) is 3.97. The van der Waals surface area contributed by atoms with Gasteiger partial charge in [0.05, 0.1) is 11.7 Å². The van der Waals surface area contributed by atoms with Crippen molar-refractivity contribution in [3.05, 3.63) is 59.9 Å². The first kappa shape index (κ1) is 11.6. The zero-order chi connectivity index (χ0) is 12.1. The summed E-state index contributed by atoms with van der Waals surface area (Å²) in [4.78, 5) is 4.35. The Morgan fingerprint density at radius 1 is 1.18 bits per heavy atom. The molecule has 1 heterocycles. The summed E-state index contributed by atoms with van der Waals surface area (Å²) in [7, 11) is 1.93. The standard InChI is InChI=1S/C14H16N2O/c1-15-14(13-4-2-3-9-16-13)10-11-5-7-12(17)8-6-11/h2-9,14-15,17H,10H2,1H3. The van der Waals surface area contributed by atoms with Gasteiger partial charge in [0.2, 0.25) is 0 Å². The van der Waals surface area contributed by atoms with E-state index < -0.39 is 0 Å². The summed E-state index contributed by atoms with van der Waals surface area (Å²) in [5, 5.41) is 12.5. The molecule has 0 amide bonds. The van der Waals surface area contributed by atoms with E-state index in [1.54, 1.807) is 18.3 Å². The Morgan fingerprint density at radius 3 is 2.53 bits per heavy atom. The van der Waals surface area contributed by atoms with Crippen LogP contribution in [0, 0.1) is 0 Å². The summed E-state index contributed by atoms with van der Waals surface area (Å²) in [5.74, 6) is 0.299. The van der Waals surface area contributed by atoms with Crippen LogP contribution >= 0.6 is 0 Å². The number of phenols is 1. The van der Waals surface area contributed by atoms with Crippen LogP contribution in [0.15, 0.2) is 48.7 Å². The van der Waals surface area contributed by atoms with Crippen LogP contribution in [0.5, 0.6) is 5.75 Å². The largest absolute Gasteiger partial charge is 0.508 e. The molecule has 0 aliphatic rings. The number of pyridine rings is 1. The van der Waals surface area contributed by atoms with Gasteiger partial charge in [-0.25, -0.2) is 0 Å². The molecule has 1 aromatic heterocycles. The first-order chi connectivity index (χ1) is 8.29. The maximum absolute atomic E-state index is 9.24. The average molecular weight is 228 g/mol. The molecule has 0 aliphatic carbocycles. The molecule has 88 valence electrons. The number of hydrogen-bond donors (Lipinski definition) is 2. The van der Waals surface area contributed by atoms with Gasteiger partial charge in [-0.3, -0.25) is 4.98 Å². The SMILES string of the molecule is CNC(Cc1ccc(O)cc1)c1ccccn1. The first-order valence-electron chi connectivity index (χ1n) is 5.65. The van der Waals surface area contributed by atoms with E-state index in [0.29, 0.717) is 5.75 Å². The highest BCUT2D eigenvalue weighted by atomic mass is 16.3. The molecule has 3 heteroatoms. The van der Waals surface area contributed by atoms with Crippen LogP contribution in [0.1, 0.15) is 17.3 Å². The molecule has 0 fully saturated rings. The van der Waals surface area contributed by atoms with Gasteiger partial charge in [0.1, 0.15) is 5.75 Å². The van der Waals surface area contributed by atoms with E-state index in [4.69, 9.17) is 0 Å². The number of aromatic nitrogens is 1. The molecule has 1 atom stereocenters. The molecule has 2 rings (SSSR count). The highest BCUT2D eigenvalue weighted by Crippen LogP contribution is 2.17. The number of rotatable bonds is 4. The summed E-state index contributed by atoms with van der Waals surface area (Å²) in [6, 6.07) is 13.4. The van der Waals surface area contributed by atoms with Gasteiger partial charge in [0.15, 0.2) is 0 Å². The quantitative estimate of drug-likeness (QED) is 0.844. The molecule has 2 aromatic rings. The predicted molar refractivity (Wildman–Crippen MR) is 67.8 cm³/mol. The van der Waals surface area contributed by atoms with Crippen LogP contribution in [0.3, 0.4) is 0 Å². The summed E-state index contributed by atoms with van der Waals surface area (Å²) >= 11 is 0. The number of benzene rings is 1. The Hall–Kier alpha value is -1.87. The van der Waals surface area contributed by atoms with Gasteiger partial charge in [0, 0.05) is 6.20 Å². The average Bonchev–Trinajstić information content (AvgIpc) is 2.39. The lowest BCUT2D eigenvalue weighted by molar-refractivity contribution is 0.474. The lowest BCUT2D eigenvalue weighted by Crippen LogP contribution is -2.19. The third-order valence-electron chi connectivity index (χ3n) is 2.77. The fourth-order valence-corrected chi connectivity index (χ4v) is 1.80. The van der Waals surface area contributed by atoms with Gasteiger partial charge in [-0.15, -0.1) is 0 Å². The van der Waals surface area contributed by atoms with Gasteiger partial charge < -0.3 is 10.4 Å². The van der Waals surface area contributed by atoms with Crippen LogP contribution in [0.4, 0.5) is 0 Å². The van der Waals surface area contributed by atoms with Crippen LogP contribution in [0.2, 0.25) is 0 Å². The smallest absolute Gasteiger partial charge is 0.115 e. The molecule has 0 radical (unpaired) electrons. The minimum atomic E-state index is 0.195. The summed E-state index contributed by atoms with van der Waals surface area (Å²) in [6.45, 7) is 0. The first-order valence-corrected chi connectivity index (χ1v) is 5.65. The van der Waals surface area contributed by atoms with E-state index in [2.05, 4.69) is 10.3 Å². The summed E-state index contributed by atoms with van der Waals surface area (Å²) < 4.78 is 0. The highest BCUT2D eigenvalue weighted by molar-refractivity contribution is 5.27. The second-order valence-electron chi connectivity index (χ2n) is 3.97. The molecule has 0 aliphatic heterocycles. The Labute approximate surface area is 101 Å². The number of aromatic hydroxyl groups is 1. The van der Waals surface area contributed by atoms with Gasteiger partial charge in [-0.2, -0.15) is 0 Å². The molecule has 1 aromatic carbocycles. The van der Waals surface area contributed by atoms with Crippen molar-refractivity contribution < 1.29 is 5.11 Å². The summed E-state index contributed by atoms with van der Waals surface area (Å²) in [6.07, 6.45) is 2.66. The van der Waals surface area contributed by atoms with Crippen molar-refractivity contribution in [2.24, 2.45) is 0 Å². The molecule has 0 saturated carbocycles. The molecule has 3 nitrogen and oxygen atoms in total. The van der Waals surface area contributed by atoms with Crippen molar-refractivity contribution in [3.8, 4) is 5.75 Å². The molecule has 0 bridgehead atoms. The second kappa shape index (κ2) is 5.46. The minimum absolute atomic E-state index is 0.195. The van der Waals surface area contributed by atoms with Gasteiger partial charge in [0.25, 0.3) is 0 Å². The van der Waals surface area contributed by atoms with E-state index in [0.717, 1.165) is 12.1 Å². The minimum Gasteiger partial charge on any atom is -0.508 e.